The Morgan fingerprint density at radius 1 is 1.19 bits per heavy atom. The second kappa shape index (κ2) is 6.89. The van der Waals surface area contributed by atoms with Crippen LogP contribution in [0.25, 0.3) is 0 Å². The van der Waals surface area contributed by atoms with Gasteiger partial charge in [-0.3, -0.25) is 9.36 Å². The van der Waals surface area contributed by atoms with Gasteiger partial charge in [-0.1, -0.05) is 13.8 Å². The predicted molar refractivity (Wildman–Crippen MR) is 85.6 cm³/mol. The van der Waals surface area contributed by atoms with Gasteiger partial charge in [0.25, 0.3) is 0 Å². The number of nitrogens with one attached hydrogen (secondary N) is 1. The zero-order valence-corrected chi connectivity index (χ0v) is 13.9. The molecule has 0 fully saturated rings. The molecule has 0 atom stereocenters. The van der Waals surface area contributed by atoms with Gasteiger partial charge >= 0.3 is 0 Å². The number of hydrogen-bond donors (Lipinski definition) is 1. The van der Waals surface area contributed by atoms with Crippen molar-refractivity contribution in [2.45, 2.75) is 47.1 Å². The molecule has 0 aliphatic carbocycles. The van der Waals surface area contributed by atoms with Crippen LogP contribution < -0.4 is 5.32 Å². The zero-order valence-electron chi connectivity index (χ0n) is 13.9. The molecule has 0 aliphatic rings. The molecule has 5 heteroatoms. The van der Waals surface area contributed by atoms with Gasteiger partial charge in [-0.2, -0.15) is 10.2 Å². The molecule has 0 spiro atoms. The van der Waals surface area contributed by atoms with E-state index in [-0.39, 0.29) is 0 Å². The van der Waals surface area contributed by atoms with Crippen LogP contribution >= 0.6 is 0 Å². The predicted octanol–water partition coefficient (Wildman–Crippen LogP) is 2.00. The third kappa shape index (κ3) is 3.53. The molecule has 0 unspecified atom stereocenters. The summed E-state index contributed by atoms with van der Waals surface area (Å²) < 4.78 is 4.07. The molecule has 21 heavy (non-hydrogen) atoms. The van der Waals surface area contributed by atoms with Crippen LogP contribution in [-0.2, 0) is 26.4 Å². The van der Waals surface area contributed by atoms with Crippen molar-refractivity contribution in [3.63, 3.8) is 0 Å². The van der Waals surface area contributed by atoms with E-state index in [1.165, 1.54) is 17.0 Å². The van der Waals surface area contributed by atoms with Crippen molar-refractivity contribution in [1.82, 2.24) is 24.9 Å². The highest BCUT2D eigenvalue weighted by molar-refractivity contribution is 5.25. The lowest BCUT2D eigenvalue weighted by molar-refractivity contribution is 0.601. The number of rotatable bonds is 7. The van der Waals surface area contributed by atoms with Crippen LogP contribution in [0.15, 0.2) is 6.07 Å². The van der Waals surface area contributed by atoms with Crippen LogP contribution in [0.1, 0.15) is 42.2 Å². The summed E-state index contributed by atoms with van der Waals surface area (Å²) in [7, 11) is 2.01. The minimum atomic E-state index is 0.789. The second-order valence-electron chi connectivity index (χ2n) is 5.51. The minimum Gasteiger partial charge on any atom is -0.317 e. The smallest absolute Gasteiger partial charge is 0.0831 e. The molecule has 1 N–H and O–H groups in total. The van der Waals surface area contributed by atoms with Gasteiger partial charge in [-0.05, 0) is 51.4 Å². The Kier molecular flexibility index (Phi) is 5.17. The molecular formula is C16H27N5. The highest BCUT2D eigenvalue weighted by Gasteiger charge is 2.13. The molecule has 2 rings (SSSR count). The van der Waals surface area contributed by atoms with Gasteiger partial charge in [0.15, 0.2) is 0 Å². The maximum absolute atomic E-state index is 4.71. The molecule has 0 aliphatic heterocycles. The van der Waals surface area contributed by atoms with Crippen molar-refractivity contribution in [3.05, 3.63) is 34.4 Å². The van der Waals surface area contributed by atoms with E-state index in [4.69, 9.17) is 5.10 Å². The fourth-order valence-electron chi connectivity index (χ4n) is 2.69. The molecule has 0 aromatic carbocycles. The van der Waals surface area contributed by atoms with Gasteiger partial charge in [-0.15, -0.1) is 0 Å². The molecule has 2 aromatic rings. The number of aryl methyl sites for hydroxylation is 3. The Balaban J connectivity index is 2.16. The van der Waals surface area contributed by atoms with Gasteiger partial charge in [0.2, 0.25) is 0 Å². The molecule has 0 amide bonds. The lowest BCUT2D eigenvalue weighted by Gasteiger charge is -2.06. The SMILES string of the molecule is CCNCCc1c(C)nn(Cc2cc(CC)nn2C)c1C. The van der Waals surface area contributed by atoms with E-state index in [0.717, 1.165) is 43.9 Å². The second-order valence-corrected chi connectivity index (χ2v) is 5.51. The van der Waals surface area contributed by atoms with E-state index < -0.39 is 0 Å². The maximum Gasteiger partial charge on any atom is 0.0831 e. The summed E-state index contributed by atoms with van der Waals surface area (Å²) in [6.07, 6.45) is 2.01. The maximum atomic E-state index is 4.71. The van der Waals surface area contributed by atoms with E-state index in [2.05, 4.69) is 48.9 Å². The fraction of sp³-hybridized carbons (Fsp3) is 0.625. The largest absolute Gasteiger partial charge is 0.317 e. The third-order valence-corrected chi connectivity index (χ3v) is 4.03. The van der Waals surface area contributed by atoms with Crippen molar-refractivity contribution in [2.75, 3.05) is 13.1 Å². The molecule has 5 nitrogen and oxygen atoms in total. The fourth-order valence-corrected chi connectivity index (χ4v) is 2.69. The number of hydrogen-bond acceptors (Lipinski definition) is 3. The Morgan fingerprint density at radius 3 is 2.57 bits per heavy atom. The highest BCUT2D eigenvalue weighted by atomic mass is 15.3. The summed E-state index contributed by atoms with van der Waals surface area (Å²) in [5, 5.41) is 12.6. The van der Waals surface area contributed by atoms with Gasteiger partial charge in [-0.25, -0.2) is 0 Å². The van der Waals surface area contributed by atoms with E-state index in [1.54, 1.807) is 0 Å². The monoisotopic (exact) mass is 289 g/mol. The summed E-state index contributed by atoms with van der Waals surface area (Å²) in [5.74, 6) is 0. The lowest BCUT2D eigenvalue weighted by Crippen LogP contribution is -2.16. The number of aromatic nitrogens is 4. The van der Waals surface area contributed by atoms with Crippen LogP contribution in [0.4, 0.5) is 0 Å². The quantitative estimate of drug-likeness (QED) is 0.793. The molecule has 0 saturated heterocycles. The van der Waals surface area contributed by atoms with Crippen molar-refractivity contribution >= 4 is 0 Å². The lowest BCUT2D eigenvalue weighted by atomic mass is 10.1. The van der Waals surface area contributed by atoms with Crippen molar-refractivity contribution < 1.29 is 0 Å². The van der Waals surface area contributed by atoms with Crippen LogP contribution in [-0.4, -0.2) is 32.7 Å². The van der Waals surface area contributed by atoms with E-state index in [9.17, 15) is 0 Å². The summed E-state index contributed by atoms with van der Waals surface area (Å²) in [4.78, 5) is 0. The van der Waals surface area contributed by atoms with Crippen LogP contribution in [0.5, 0.6) is 0 Å². The normalized spacial score (nSPS) is 11.3. The molecule has 0 radical (unpaired) electrons. The van der Waals surface area contributed by atoms with Gasteiger partial charge in [0.1, 0.15) is 0 Å². The Morgan fingerprint density at radius 2 is 1.95 bits per heavy atom. The Bertz CT molecular complexity index is 594. The number of likely N-dealkylation sites (N-methyl/N-ethyl adjacent to an activating group) is 1. The van der Waals surface area contributed by atoms with Gasteiger partial charge in [0.05, 0.1) is 23.6 Å². The zero-order chi connectivity index (χ0) is 15.4. The summed E-state index contributed by atoms with van der Waals surface area (Å²) >= 11 is 0. The average Bonchev–Trinajstić information content (AvgIpc) is 2.94. The van der Waals surface area contributed by atoms with Gasteiger partial charge < -0.3 is 5.32 Å². The first-order chi connectivity index (χ1) is 10.1. The number of nitrogens with zero attached hydrogens (tertiary/aromatic N) is 4. The van der Waals surface area contributed by atoms with Crippen LogP contribution in [0, 0.1) is 13.8 Å². The molecule has 2 heterocycles. The van der Waals surface area contributed by atoms with E-state index >= 15 is 0 Å². The molecule has 0 bridgehead atoms. The average molecular weight is 289 g/mol. The topological polar surface area (TPSA) is 47.7 Å². The minimum absolute atomic E-state index is 0.789. The van der Waals surface area contributed by atoms with Crippen molar-refractivity contribution in [1.29, 1.82) is 0 Å². The van der Waals surface area contributed by atoms with E-state index in [0.29, 0.717) is 0 Å². The molecule has 116 valence electrons. The summed E-state index contributed by atoms with van der Waals surface area (Å²) in [5.41, 5.74) is 6.12. The first kappa shape index (κ1) is 15.8. The van der Waals surface area contributed by atoms with Gasteiger partial charge in [0, 0.05) is 12.7 Å². The first-order valence-corrected chi connectivity index (χ1v) is 7.82. The van der Waals surface area contributed by atoms with Crippen LogP contribution in [0.3, 0.4) is 0 Å². The highest BCUT2D eigenvalue weighted by Crippen LogP contribution is 2.15. The van der Waals surface area contributed by atoms with Crippen molar-refractivity contribution in [2.24, 2.45) is 7.05 Å². The summed E-state index contributed by atoms with van der Waals surface area (Å²) in [6, 6.07) is 2.18. The molecule has 0 saturated carbocycles. The van der Waals surface area contributed by atoms with Crippen molar-refractivity contribution in [3.8, 4) is 0 Å². The molecular weight excluding hydrogens is 262 g/mol. The third-order valence-electron chi connectivity index (χ3n) is 4.03. The van der Waals surface area contributed by atoms with E-state index in [1.807, 2.05) is 11.7 Å². The Labute approximate surface area is 127 Å². The summed E-state index contributed by atoms with van der Waals surface area (Å²) in [6.45, 7) is 11.4. The molecule has 2 aromatic heterocycles. The van der Waals surface area contributed by atoms with Crippen LogP contribution in [0.2, 0.25) is 0 Å². The first-order valence-electron chi connectivity index (χ1n) is 7.82. The Hall–Kier alpha value is -1.62. The standard InChI is InChI=1S/C16H27N5/c1-6-14-10-15(20(5)19-14)11-21-13(4)16(12(3)18-21)8-9-17-7-2/h10,17H,6-9,11H2,1-5H3.